The summed E-state index contributed by atoms with van der Waals surface area (Å²) in [5, 5.41) is 7.35. The first kappa shape index (κ1) is 32.3. The van der Waals surface area contributed by atoms with Crippen molar-refractivity contribution in [1.29, 1.82) is 0 Å². The Kier molecular flexibility index (Phi) is 7.24. The number of para-hydroxylation sites is 1. The van der Waals surface area contributed by atoms with E-state index in [0.717, 1.165) is 33.4 Å². The lowest BCUT2D eigenvalue weighted by Crippen LogP contribution is -2.01. The van der Waals surface area contributed by atoms with Crippen LogP contribution >= 0.6 is 22.7 Å². The number of thiophene rings is 2. The van der Waals surface area contributed by atoms with Crippen LogP contribution < -0.4 is 0 Å². The molecule has 0 atom stereocenters. The van der Waals surface area contributed by atoms with E-state index in [0.29, 0.717) is 17.5 Å². The largest absolute Gasteiger partial charge is 0.309 e. The maximum absolute atomic E-state index is 5.30. The quantitative estimate of drug-likeness (QED) is 0.175. The van der Waals surface area contributed by atoms with Gasteiger partial charge < -0.3 is 4.57 Å². The van der Waals surface area contributed by atoms with Crippen molar-refractivity contribution < 1.29 is 0 Å². The Hall–Kier alpha value is -6.99. The van der Waals surface area contributed by atoms with Gasteiger partial charge in [0.1, 0.15) is 0 Å². The zero-order chi connectivity index (χ0) is 37.5. The van der Waals surface area contributed by atoms with Gasteiger partial charge in [-0.15, -0.1) is 22.7 Å². The molecule has 12 aromatic rings. The Morgan fingerprint density at radius 3 is 1.79 bits per heavy atom. The molecular formula is C51H30N4S2. The summed E-state index contributed by atoms with van der Waals surface area (Å²) in [6, 6.07) is 65.0. The van der Waals surface area contributed by atoms with Crippen molar-refractivity contribution in [2.24, 2.45) is 0 Å². The van der Waals surface area contributed by atoms with Crippen molar-refractivity contribution in [3.05, 3.63) is 182 Å². The number of nitrogens with zero attached hydrogens (tertiary/aromatic N) is 4. The normalized spacial score (nSPS) is 11.9. The summed E-state index contributed by atoms with van der Waals surface area (Å²) in [6.45, 7) is 0. The first-order valence-electron chi connectivity index (χ1n) is 19.0. The van der Waals surface area contributed by atoms with Gasteiger partial charge in [-0.2, -0.15) is 0 Å². The molecule has 0 fully saturated rings. The van der Waals surface area contributed by atoms with Crippen LogP contribution in [0.3, 0.4) is 0 Å². The lowest BCUT2D eigenvalue weighted by atomic mass is 10.0. The number of benzene rings is 8. The molecule has 0 unspecified atom stereocenters. The van der Waals surface area contributed by atoms with Crippen molar-refractivity contribution in [1.82, 2.24) is 19.5 Å². The van der Waals surface area contributed by atoms with Crippen LogP contribution in [0.2, 0.25) is 0 Å². The fourth-order valence-corrected chi connectivity index (χ4v) is 10.7. The van der Waals surface area contributed by atoms with Gasteiger partial charge in [-0.05, 0) is 65.7 Å². The third-order valence-electron chi connectivity index (χ3n) is 11.1. The number of fused-ring (bicyclic) bond motifs is 9. The molecule has 266 valence electrons. The van der Waals surface area contributed by atoms with Gasteiger partial charge in [0.05, 0.1) is 11.0 Å². The molecule has 6 heteroatoms. The molecule has 4 heterocycles. The Bertz CT molecular complexity index is 3540. The number of aromatic nitrogens is 4. The van der Waals surface area contributed by atoms with E-state index in [2.05, 4.69) is 187 Å². The Morgan fingerprint density at radius 2 is 0.930 bits per heavy atom. The van der Waals surface area contributed by atoms with Crippen molar-refractivity contribution in [3.8, 4) is 51.0 Å². The SMILES string of the molecule is c1ccc(-c2ccc3c(c2)c2ccccc2n3-c2cccc(-c3nc(-c4ccc5c(c4)sc4ccccc45)nc(-c4cccc5sc6ccccc6c45)n3)c2)cc1. The van der Waals surface area contributed by atoms with Crippen LogP contribution in [0.4, 0.5) is 0 Å². The molecule has 0 aliphatic heterocycles. The number of hydrogen-bond acceptors (Lipinski definition) is 5. The van der Waals surface area contributed by atoms with Crippen molar-refractivity contribution in [2.75, 3.05) is 0 Å². The van der Waals surface area contributed by atoms with Crippen molar-refractivity contribution >= 4 is 84.8 Å². The Morgan fingerprint density at radius 1 is 0.333 bits per heavy atom. The highest BCUT2D eigenvalue weighted by Gasteiger charge is 2.19. The minimum atomic E-state index is 0.636. The van der Waals surface area contributed by atoms with E-state index in [1.54, 1.807) is 22.7 Å². The number of rotatable bonds is 5. The average molecular weight is 763 g/mol. The Labute approximate surface area is 335 Å². The average Bonchev–Trinajstić information content (AvgIpc) is 3.95. The van der Waals surface area contributed by atoms with Crippen LogP contribution in [0.1, 0.15) is 0 Å². The first-order chi connectivity index (χ1) is 28.2. The maximum Gasteiger partial charge on any atom is 0.164 e. The first-order valence-corrected chi connectivity index (χ1v) is 20.6. The van der Waals surface area contributed by atoms with Gasteiger partial charge in [0.25, 0.3) is 0 Å². The van der Waals surface area contributed by atoms with E-state index in [4.69, 9.17) is 15.0 Å². The zero-order valence-corrected chi connectivity index (χ0v) is 32.1. The van der Waals surface area contributed by atoms with E-state index in [-0.39, 0.29) is 0 Å². The molecule has 12 rings (SSSR count). The highest BCUT2D eigenvalue weighted by molar-refractivity contribution is 7.26. The molecule has 8 aromatic carbocycles. The molecule has 0 aliphatic carbocycles. The minimum absolute atomic E-state index is 0.636. The lowest BCUT2D eigenvalue weighted by Gasteiger charge is -2.12. The van der Waals surface area contributed by atoms with Crippen LogP contribution in [-0.4, -0.2) is 19.5 Å². The summed E-state index contributed by atoms with van der Waals surface area (Å²) in [4.78, 5) is 15.8. The third-order valence-corrected chi connectivity index (χ3v) is 13.3. The highest BCUT2D eigenvalue weighted by atomic mass is 32.1. The predicted octanol–water partition coefficient (Wildman–Crippen LogP) is 14.4. The van der Waals surface area contributed by atoms with Crippen LogP contribution in [0, 0.1) is 0 Å². The second-order valence-corrected chi connectivity index (χ2v) is 16.6. The molecule has 4 aromatic heterocycles. The monoisotopic (exact) mass is 762 g/mol. The molecule has 0 aliphatic rings. The summed E-state index contributed by atoms with van der Waals surface area (Å²) < 4.78 is 7.31. The standard InChI is InChI=1S/C51H30N4S2/c1-2-12-31(13-3-1)32-25-27-43-41(29-32)36-16-4-7-20-42(36)55(43)35-15-10-14-33(28-35)49-52-50(34-24-26-38-37-17-5-8-21-44(37)57-47(38)30-34)54-51(53-49)40-19-11-23-46-48(40)39-18-6-9-22-45(39)56-46/h1-30H. The third kappa shape index (κ3) is 5.22. The van der Waals surface area contributed by atoms with Crippen LogP contribution in [0.25, 0.3) is 113 Å². The Balaban J connectivity index is 1.07. The van der Waals surface area contributed by atoms with E-state index >= 15 is 0 Å². The van der Waals surface area contributed by atoms with Gasteiger partial charge >= 0.3 is 0 Å². The molecule has 0 amide bonds. The highest BCUT2D eigenvalue weighted by Crippen LogP contribution is 2.41. The fourth-order valence-electron chi connectivity index (χ4n) is 8.43. The maximum atomic E-state index is 5.30. The molecule has 57 heavy (non-hydrogen) atoms. The smallest absolute Gasteiger partial charge is 0.164 e. The van der Waals surface area contributed by atoms with Crippen molar-refractivity contribution in [2.45, 2.75) is 0 Å². The van der Waals surface area contributed by atoms with Gasteiger partial charge in [0, 0.05) is 73.5 Å². The summed E-state index contributed by atoms with van der Waals surface area (Å²) in [6.07, 6.45) is 0. The topological polar surface area (TPSA) is 43.6 Å². The molecule has 0 spiro atoms. The second kappa shape index (κ2) is 12.8. The van der Waals surface area contributed by atoms with Gasteiger partial charge in [0.15, 0.2) is 17.5 Å². The van der Waals surface area contributed by atoms with Crippen molar-refractivity contribution in [3.63, 3.8) is 0 Å². The molecule has 0 radical (unpaired) electrons. The van der Waals surface area contributed by atoms with Gasteiger partial charge in [-0.25, -0.2) is 15.0 Å². The van der Waals surface area contributed by atoms with Gasteiger partial charge in [-0.1, -0.05) is 127 Å². The van der Waals surface area contributed by atoms with Crippen LogP contribution in [-0.2, 0) is 0 Å². The molecule has 0 N–H and O–H groups in total. The van der Waals surface area contributed by atoms with E-state index < -0.39 is 0 Å². The molecule has 0 saturated heterocycles. The van der Waals surface area contributed by atoms with Crippen LogP contribution in [0.15, 0.2) is 182 Å². The molecule has 4 nitrogen and oxygen atoms in total. The lowest BCUT2D eigenvalue weighted by molar-refractivity contribution is 1.07. The zero-order valence-electron chi connectivity index (χ0n) is 30.4. The summed E-state index contributed by atoms with van der Waals surface area (Å²) in [7, 11) is 0. The molecule has 0 saturated carbocycles. The molecular weight excluding hydrogens is 733 g/mol. The number of hydrogen-bond donors (Lipinski definition) is 0. The summed E-state index contributed by atoms with van der Waals surface area (Å²) in [5.74, 6) is 1.95. The second-order valence-electron chi connectivity index (χ2n) is 14.4. The minimum Gasteiger partial charge on any atom is -0.309 e. The predicted molar refractivity (Wildman–Crippen MR) is 242 cm³/mol. The summed E-state index contributed by atoms with van der Waals surface area (Å²) in [5.41, 5.74) is 8.66. The van der Waals surface area contributed by atoms with Crippen LogP contribution in [0.5, 0.6) is 0 Å². The van der Waals surface area contributed by atoms with Gasteiger partial charge in [-0.3, -0.25) is 0 Å². The molecule has 0 bridgehead atoms. The van der Waals surface area contributed by atoms with E-state index in [1.807, 2.05) is 0 Å². The fraction of sp³-hybridized carbons (Fsp3) is 0. The van der Waals surface area contributed by atoms with E-state index in [1.165, 1.54) is 62.2 Å². The summed E-state index contributed by atoms with van der Waals surface area (Å²) >= 11 is 3.61. The van der Waals surface area contributed by atoms with E-state index in [9.17, 15) is 0 Å². The van der Waals surface area contributed by atoms with Gasteiger partial charge in [0.2, 0.25) is 0 Å².